The van der Waals surface area contributed by atoms with Crippen LogP contribution in [0.1, 0.15) is 68.8 Å². The van der Waals surface area contributed by atoms with Crippen LogP contribution in [-0.2, 0) is 10.0 Å². The van der Waals surface area contributed by atoms with Crippen LogP contribution in [0.2, 0.25) is 0 Å². The van der Waals surface area contributed by atoms with Crippen molar-refractivity contribution in [2.45, 2.75) is 76.5 Å². The van der Waals surface area contributed by atoms with Crippen molar-refractivity contribution in [2.24, 2.45) is 0 Å². The molecular weight excluding hydrogens is 558 g/mol. The summed E-state index contributed by atoms with van der Waals surface area (Å²) in [6, 6.07) is 13.5. The van der Waals surface area contributed by atoms with Gasteiger partial charge in [-0.2, -0.15) is 10.5 Å². The van der Waals surface area contributed by atoms with Crippen LogP contribution in [0.3, 0.4) is 0 Å². The first-order valence-corrected chi connectivity index (χ1v) is 15.3. The first-order chi connectivity index (χ1) is 19.9. The Balaban J connectivity index is 1.56. The van der Waals surface area contributed by atoms with E-state index < -0.39 is 21.8 Å². The summed E-state index contributed by atoms with van der Waals surface area (Å²) in [5.74, 6) is 0.685. The van der Waals surface area contributed by atoms with Crippen LogP contribution in [-0.4, -0.2) is 52.9 Å². The number of aryl methyl sites for hydroxylation is 1. The summed E-state index contributed by atoms with van der Waals surface area (Å²) >= 11 is 0. The number of nitrogens with one attached hydrogen (secondary N) is 5. The zero-order valence-corrected chi connectivity index (χ0v) is 25.3. The maximum atomic E-state index is 12.8. The molecule has 0 saturated carbocycles. The lowest BCUT2D eigenvalue weighted by Gasteiger charge is -2.20. The van der Waals surface area contributed by atoms with Crippen molar-refractivity contribution in [3.05, 3.63) is 65.9 Å². The molecule has 0 saturated heterocycles. The van der Waals surface area contributed by atoms with Crippen molar-refractivity contribution in [1.29, 1.82) is 0 Å². The summed E-state index contributed by atoms with van der Waals surface area (Å²) in [4.78, 5) is 21.5. The third-order valence-corrected chi connectivity index (χ3v) is 7.82. The molecule has 228 valence electrons. The number of hydrogen-bond acceptors (Lipinski definition) is 10. The lowest BCUT2D eigenvalue weighted by molar-refractivity contribution is -0.00393. The van der Waals surface area contributed by atoms with E-state index in [9.17, 15) is 18.3 Å². The average molecular weight is 600 g/mol. The zero-order valence-electron chi connectivity index (χ0n) is 24.4. The molecule has 1 aromatic heterocycles. The van der Waals surface area contributed by atoms with Crippen LogP contribution >= 0.6 is 0 Å². The molecule has 42 heavy (non-hydrogen) atoms. The third-order valence-electron chi connectivity index (χ3n) is 6.06. The largest absolute Gasteiger partial charge is 0.377 e. The number of rotatable bonds is 15. The Morgan fingerprint density at radius 1 is 0.976 bits per heavy atom. The summed E-state index contributed by atoms with van der Waals surface area (Å²) < 4.78 is 28.2. The number of nitrogens with zero attached hydrogens (tertiary/aromatic N) is 2. The molecule has 7 N–H and O–H groups in total. The second-order valence-corrected chi connectivity index (χ2v) is 12.7. The summed E-state index contributed by atoms with van der Waals surface area (Å²) in [5.41, 5.74) is 3.76. The number of amides is 1. The van der Waals surface area contributed by atoms with Gasteiger partial charge in [0.25, 0.3) is 5.91 Å². The van der Waals surface area contributed by atoms with E-state index in [0.29, 0.717) is 41.7 Å². The molecule has 0 radical (unpaired) electrons. The summed E-state index contributed by atoms with van der Waals surface area (Å²) in [7, 11) is -3.70. The number of hydrogen-bond donors (Lipinski definition) is 7. The Labute approximate surface area is 247 Å². The fourth-order valence-electron chi connectivity index (χ4n) is 3.99. The van der Waals surface area contributed by atoms with Gasteiger partial charge in [0.05, 0.1) is 4.90 Å². The molecule has 0 bridgehead atoms. The molecule has 0 spiro atoms. The van der Waals surface area contributed by atoms with Gasteiger partial charge in [-0.1, -0.05) is 18.9 Å². The summed E-state index contributed by atoms with van der Waals surface area (Å²) in [6.07, 6.45) is 4.66. The second kappa shape index (κ2) is 15.0. The number of hydroxylamine groups is 1. The predicted molar refractivity (Wildman–Crippen MR) is 163 cm³/mol. The molecule has 12 nitrogen and oxygen atoms in total. The smallest absolute Gasteiger partial charge is 0.251 e. The second-order valence-electron chi connectivity index (χ2n) is 11.0. The average Bonchev–Trinajstić information content (AvgIpc) is 2.93. The van der Waals surface area contributed by atoms with Gasteiger partial charge in [0.1, 0.15) is 12.0 Å². The molecule has 0 aliphatic carbocycles. The summed E-state index contributed by atoms with van der Waals surface area (Å²) in [5, 5.41) is 27.0. The van der Waals surface area contributed by atoms with Crippen LogP contribution < -0.4 is 26.2 Å². The number of aliphatic hydroxyl groups excluding tert-OH is 1. The fourth-order valence-corrected chi connectivity index (χ4v) is 5.45. The number of anilines is 4. The molecule has 3 aromatic rings. The van der Waals surface area contributed by atoms with Gasteiger partial charge in [0.2, 0.25) is 16.0 Å². The standard InChI is InChI=1S/C29H41N7O5S/c1-20-19-31-28(34-26(20)32-23-10-9-11-24(18-23)42(40,41)36-29(2,3)4)33-22-15-13-21(14-16-22)27(38)30-17-8-6-5-7-12-25(37)35-39/h9-11,13-16,18-19,25,35-37,39H,5-8,12,17H2,1-4H3,(H,30,38)(H2,31,32,33,34). The van der Waals surface area contributed by atoms with Gasteiger partial charge >= 0.3 is 0 Å². The number of aliphatic hydroxyl groups is 1. The highest BCUT2D eigenvalue weighted by atomic mass is 32.2. The molecular formula is C29H41N7O5S. The van der Waals surface area contributed by atoms with Gasteiger partial charge in [-0.05, 0) is 89.4 Å². The normalized spacial score (nSPS) is 12.5. The molecule has 0 fully saturated rings. The van der Waals surface area contributed by atoms with Gasteiger partial charge in [0, 0.05) is 40.8 Å². The Morgan fingerprint density at radius 2 is 1.69 bits per heavy atom. The Morgan fingerprint density at radius 3 is 2.38 bits per heavy atom. The van der Waals surface area contributed by atoms with Crippen molar-refractivity contribution in [2.75, 3.05) is 17.2 Å². The fraction of sp³-hybridized carbons (Fsp3) is 0.414. The van der Waals surface area contributed by atoms with Crippen molar-refractivity contribution in [1.82, 2.24) is 25.5 Å². The first kappa shape index (κ1) is 32.9. The minimum absolute atomic E-state index is 0.143. The lowest BCUT2D eigenvalue weighted by Crippen LogP contribution is -2.40. The van der Waals surface area contributed by atoms with Crippen LogP contribution in [0.4, 0.5) is 23.1 Å². The molecule has 3 rings (SSSR count). The van der Waals surface area contributed by atoms with Gasteiger partial charge in [0.15, 0.2) is 0 Å². The maximum absolute atomic E-state index is 12.8. The number of carbonyl (C=O) groups is 1. The number of sulfonamides is 1. The van der Waals surface area contributed by atoms with E-state index in [-0.39, 0.29) is 10.8 Å². The van der Waals surface area contributed by atoms with Crippen LogP contribution in [0.15, 0.2) is 59.6 Å². The SMILES string of the molecule is Cc1cnc(Nc2ccc(C(=O)NCCCCCCC(O)NO)cc2)nc1Nc1cccc(S(=O)(=O)NC(C)(C)C)c1. The highest BCUT2D eigenvalue weighted by Gasteiger charge is 2.22. The number of aromatic nitrogens is 2. The quantitative estimate of drug-likeness (QED) is 0.0756. The number of benzene rings is 2. The zero-order chi connectivity index (χ0) is 30.8. The van der Waals surface area contributed by atoms with Crippen molar-refractivity contribution >= 4 is 39.1 Å². The van der Waals surface area contributed by atoms with Gasteiger partial charge in [-0.25, -0.2) is 18.1 Å². The number of unbranched alkanes of at least 4 members (excludes halogenated alkanes) is 3. The molecule has 1 heterocycles. The van der Waals surface area contributed by atoms with E-state index in [0.717, 1.165) is 31.2 Å². The summed E-state index contributed by atoms with van der Waals surface area (Å²) in [6.45, 7) is 7.75. The van der Waals surface area contributed by atoms with E-state index in [4.69, 9.17) is 5.21 Å². The van der Waals surface area contributed by atoms with E-state index >= 15 is 0 Å². The van der Waals surface area contributed by atoms with Gasteiger partial charge in [-0.15, -0.1) is 0 Å². The maximum Gasteiger partial charge on any atom is 0.251 e. The molecule has 1 atom stereocenters. The van der Waals surface area contributed by atoms with Gasteiger partial charge in [-0.3, -0.25) is 4.79 Å². The Hall–Kier alpha value is -3.62. The van der Waals surface area contributed by atoms with Crippen molar-refractivity contribution < 1.29 is 23.5 Å². The topological polar surface area (TPSA) is 178 Å². The van der Waals surface area contributed by atoms with E-state index in [2.05, 4.69) is 30.6 Å². The highest BCUT2D eigenvalue weighted by molar-refractivity contribution is 7.89. The minimum atomic E-state index is -3.70. The molecule has 2 aromatic carbocycles. The monoisotopic (exact) mass is 599 g/mol. The minimum Gasteiger partial charge on any atom is -0.377 e. The highest BCUT2D eigenvalue weighted by Crippen LogP contribution is 2.24. The molecule has 0 aliphatic rings. The van der Waals surface area contributed by atoms with Crippen LogP contribution in [0.25, 0.3) is 0 Å². The Kier molecular flexibility index (Phi) is 11.8. The van der Waals surface area contributed by atoms with Crippen LogP contribution in [0, 0.1) is 6.92 Å². The van der Waals surface area contributed by atoms with E-state index in [1.165, 1.54) is 6.07 Å². The predicted octanol–water partition coefficient (Wildman–Crippen LogP) is 4.33. The Bertz CT molecular complexity index is 1430. The number of carbonyl (C=O) groups excluding carboxylic acids is 1. The molecule has 13 heteroatoms. The van der Waals surface area contributed by atoms with E-state index in [1.807, 2.05) is 12.4 Å². The molecule has 1 amide bonds. The van der Waals surface area contributed by atoms with Gasteiger partial charge < -0.3 is 26.3 Å². The van der Waals surface area contributed by atoms with E-state index in [1.54, 1.807) is 69.4 Å². The molecule has 0 aliphatic heterocycles. The third kappa shape index (κ3) is 10.7. The van der Waals surface area contributed by atoms with Crippen molar-refractivity contribution in [3.63, 3.8) is 0 Å². The van der Waals surface area contributed by atoms with Crippen LogP contribution in [0.5, 0.6) is 0 Å². The first-order valence-electron chi connectivity index (χ1n) is 13.8. The lowest BCUT2D eigenvalue weighted by atomic mass is 10.1. The molecule has 1 unspecified atom stereocenters. The van der Waals surface area contributed by atoms with Crippen molar-refractivity contribution in [3.8, 4) is 0 Å².